The van der Waals surface area contributed by atoms with Crippen molar-refractivity contribution >= 4 is 81.9 Å². The summed E-state index contributed by atoms with van der Waals surface area (Å²) in [5, 5.41) is 44.9. The summed E-state index contributed by atoms with van der Waals surface area (Å²) < 4.78 is 0. The van der Waals surface area contributed by atoms with Gasteiger partial charge in [0.1, 0.15) is 66.2 Å². The van der Waals surface area contributed by atoms with Crippen molar-refractivity contribution in [3.63, 3.8) is 0 Å². The number of amides is 11. The summed E-state index contributed by atoms with van der Waals surface area (Å²) in [6, 6.07) is 14.5. The van der Waals surface area contributed by atoms with Crippen LogP contribution in [-0.4, -0.2) is 165 Å². The highest BCUT2D eigenvalue weighted by Gasteiger charge is 2.42. The van der Waals surface area contributed by atoms with E-state index in [-0.39, 0.29) is 76.1 Å². The van der Waals surface area contributed by atoms with Gasteiger partial charge in [0.25, 0.3) is 0 Å². The molecule has 5 aromatic rings. The number of hydrogen-bond acceptors (Lipinski definition) is 14. The maximum atomic E-state index is 15.2. The molecule has 27 heteroatoms. The van der Waals surface area contributed by atoms with Gasteiger partial charge in [-0.1, -0.05) is 119 Å². The number of fused-ring (bicyclic) bond motifs is 2. The molecule has 94 heavy (non-hydrogen) atoms. The number of phenolic OH excluding ortho intramolecular Hbond substituents is 1. The molecule has 2 aliphatic rings. The third-order valence-corrected chi connectivity index (χ3v) is 16.4. The second-order valence-electron chi connectivity index (χ2n) is 24.6. The van der Waals surface area contributed by atoms with E-state index in [1.54, 1.807) is 131 Å². The predicted molar refractivity (Wildman–Crippen MR) is 345 cm³/mol. The molecular weight excluding hydrogens is 1210 g/mol. The Morgan fingerprint density at radius 1 is 0.521 bits per heavy atom. The standard InChI is InChI=1S/C67H85N13O14/c1-37(2)29-47-59(86)78-53(32-41-23-25-43(81)26-24-41)67(94)80-28-14-22-54(80)65(92)77-49(31-40-17-9-6-10-18-40)61(88)73-48(30-39-15-7-5-8-16-39)60(87)75-51(34-55(69)82)62(89)76-52(35-56(83)84)63(90)74-50(33-42-36-70-45-20-12-11-19-44(42)45)64(91)79-57(38(3)4)66(93)71-46(21-13-27-68)58(85)72-47/h5-12,15-20,23-26,36-38,46-54,57,70,81H,13-14,21-22,27-35,68H2,1-4H3,(H2,69,82)(H,71,93)(H,72,85)(H,73,88)(H,74,90)(H,75,87)(H,76,89)(H,77,92)(H,78,86)(H,79,91)(H,83,84)/t46-,47-,48?,49?,50-,51-,52-,53+,54-,57-/m0/s1. The van der Waals surface area contributed by atoms with Crippen LogP contribution in [0, 0.1) is 11.8 Å². The first-order valence-electron chi connectivity index (χ1n) is 31.5. The van der Waals surface area contributed by atoms with Crippen LogP contribution in [0.4, 0.5) is 0 Å². The molecule has 7 rings (SSSR count). The summed E-state index contributed by atoms with van der Waals surface area (Å²) >= 11 is 0. The highest BCUT2D eigenvalue weighted by molar-refractivity contribution is 6.01. The number of benzene rings is 4. The highest BCUT2D eigenvalue weighted by atomic mass is 16.4. The Morgan fingerprint density at radius 2 is 0.979 bits per heavy atom. The van der Waals surface area contributed by atoms with Gasteiger partial charge in [0.05, 0.1) is 12.8 Å². The topological polar surface area (TPSA) is 425 Å². The van der Waals surface area contributed by atoms with E-state index in [2.05, 4.69) is 52.8 Å². The van der Waals surface area contributed by atoms with E-state index in [1.165, 1.54) is 17.0 Å². The van der Waals surface area contributed by atoms with Crippen molar-refractivity contribution in [2.45, 2.75) is 159 Å². The zero-order chi connectivity index (χ0) is 68.2. The van der Waals surface area contributed by atoms with Crippen molar-refractivity contribution in [2.24, 2.45) is 23.3 Å². The fraction of sp³-hybridized carbons (Fsp3) is 0.433. The molecule has 3 heterocycles. The van der Waals surface area contributed by atoms with Gasteiger partial charge in [-0.05, 0) is 90.9 Å². The van der Waals surface area contributed by atoms with Gasteiger partial charge in [-0.2, -0.15) is 0 Å². The minimum Gasteiger partial charge on any atom is -0.508 e. The number of nitrogens with one attached hydrogen (secondary N) is 10. The highest BCUT2D eigenvalue weighted by Crippen LogP contribution is 2.23. The zero-order valence-electron chi connectivity index (χ0n) is 53.0. The van der Waals surface area contributed by atoms with Gasteiger partial charge in [0, 0.05) is 49.3 Å². The lowest BCUT2D eigenvalue weighted by Crippen LogP contribution is -2.62. The number of carbonyl (C=O) groups excluding carboxylic acids is 11. The van der Waals surface area contributed by atoms with Gasteiger partial charge in [0.15, 0.2) is 0 Å². The normalized spacial score (nSPS) is 23.8. The number of nitrogens with two attached hydrogens (primary N) is 2. The third-order valence-electron chi connectivity index (χ3n) is 16.4. The number of nitrogens with zero attached hydrogens (tertiary/aromatic N) is 1. The number of carboxylic acids is 1. The number of hydrogen-bond donors (Lipinski definition) is 14. The molecule has 0 bridgehead atoms. The van der Waals surface area contributed by atoms with Crippen LogP contribution in [0.15, 0.2) is 115 Å². The van der Waals surface area contributed by atoms with E-state index < -0.39 is 150 Å². The summed E-state index contributed by atoms with van der Waals surface area (Å²) in [5.41, 5.74) is 14.3. The number of H-pyrrole nitrogens is 1. The Balaban J connectivity index is 1.32. The monoisotopic (exact) mass is 1300 g/mol. The molecule has 0 radical (unpaired) electrons. The molecule has 10 atom stereocenters. The van der Waals surface area contributed by atoms with E-state index in [4.69, 9.17) is 11.5 Å². The van der Waals surface area contributed by atoms with Gasteiger partial charge < -0.3 is 79.4 Å². The largest absolute Gasteiger partial charge is 0.508 e. The Labute approximate surface area is 543 Å². The second kappa shape index (κ2) is 33.9. The Morgan fingerprint density at radius 3 is 1.54 bits per heavy atom. The number of rotatable bonds is 18. The van der Waals surface area contributed by atoms with Crippen LogP contribution >= 0.6 is 0 Å². The smallest absolute Gasteiger partial charge is 0.305 e. The van der Waals surface area contributed by atoms with Crippen molar-refractivity contribution in [3.05, 3.63) is 138 Å². The molecule has 4 aromatic carbocycles. The molecule has 0 aliphatic carbocycles. The minimum absolute atomic E-state index is 0.0297. The lowest BCUT2D eigenvalue weighted by Gasteiger charge is -2.32. The first kappa shape index (κ1) is 71.3. The number of phenols is 1. The summed E-state index contributed by atoms with van der Waals surface area (Å²) in [7, 11) is 0. The predicted octanol–water partition coefficient (Wildman–Crippen LogP) is 0.303. The average Bonchev–Trinajstić information content (AvgIpc) is 1.60. The van der Waals surface area contributed by atoms with E-state index >= 15 is 4.79 Å². The van der Waals surface area contributed by atoms with Crippen molar-refractivity contribution in [3.8, 4) is 5.75 Å². The van der Waals surface area contributed by atoms with Crippen LogP contribution in [0.25, 0.3) is 10.9 Å². The molecule has 2 fully saturated rings. The number of aromatic nitrogens is 1. The van der Waals surface area contributed by atoms with Crippen molar-refractivity contribution in [1.82, 2.24) is 57.7 Å². The van der Waals surface area contributed by atoms with Crippen LogP contribution in [-0.2, 0) is 83.2 Å². The van der Waals surface area contributed by atoms with E-state index in [9.17, 15) is 63.0 Å². The summed E-state index contributed by atoms with van der Waals surface area (Å²) in [4.78, 5) is 177. The van der Waals surface area contributed by atoms with E-state index in [0.29, 0.717) is 39.6 Å². The molecule has 0 spiro atoms. The SMILES string of the molecule is CC(C)C[C@@H]1NC(=O)[C@H](CCCN)NC(=O)[C@H](C(C)C)NC(=O)[C@H](Cc2c[nH]c3ccccc23)NC(=O)[C@H](CC(=O)O)NC(=O)[C@H](CC(N)=O)NC(=O)C(Cc2ccccc2)NC(=O)C(Cc2ccccc2)NC(=O)[C@@H]2CCCN2C(=O)[C@@H](Cc2ccc(O)cc2)NC1=O. The number of para-hydroxylation sites is 1. The molecule has 2 saturated heterocycles. The summed E-state index contributed by atoms with van der Waals surface area (Å²) in [5.74, 6) is -13.1. The van der Waals surface area contributed by atoms with Crippen LogP contribution in [0.2, 0.25) is 0 Å². The fourth-order valence-corrected chi connectivity index (χ4v) is 11.5. The molecule has 11 amide bonds. The van der Waals surface area contributed by atoms with E-state index in [1.807, 2.05) is 0 Å². The lowest BCUT2D eigenvalue weighted by atomic mass is 9.98. The van der Waals surface area contributed by atoms with Crippen molar-refractivity contribution < 1.29 is 67.7 Å². The van der Waals surface area contributed by atoms with Crippen LogP contribution in [0.5, 0.6) is 5.75 Å². The first-order valence-corrected chi connectivity index (χ1v) is 31.5. The van der Waals surface area contributed by atoms with Gasteiger partial charge >= 0.3 is 5.97 Å². The summed E-state index contributed by atoms with van der Waals surface area (Å²) in [6.45, 7) is 6.93. The number of aromatic hydroxyl groups is 1. The molecule has 27 nitrogen and oxygen atoms in total. The molecule has 0 saturated carbocycles. The second-order valence-corrected chi connectivity index (χ2v) is 24.6. The van der Waals surface area contributed by atoms with Crippen molar-refractivity contribution in [1.29, 1.82) is 0 Å². The van der Waals surface area contributed by atoms with Crippen molar-refractivity contribution in [2.75, 3.05) is 13.1 Å². The van der Waals surface area contributed by atoms with Gasteiger partial charge in [0.2, 0.25) is 65.0 Å². The third kappa shape index (κ3) is 20.4. The Kier molecular flexibility index (Phi) is 25.7. The zero-order valence-corrected chi connectivity index (χ0v) is 53.0. The maximum Gasteiger partial charge on any atom is 0.305 e. The van der Waals surface area contributed by atoms with Gasteiger partial charge in [-0.3, -0.25) is 57.5 Å². The summed E-state index contributed by atoms with van der Waals surface area (Å²) in [6.07, 6.45) is -0.659. The van der Waals surface area contributed by atoms with Gasteiger partial charge in [-0.15, -0.1) is 0 Å². The van der Waals surface area contributed by atoms with E-state index in [0.717, 1.165) is 0 Å². The number of carbonyl (C=O) groups is 12. The number of primary amides is 1. The first-order chi connectivity index (χ1) is 44.9. The van der Waals surface area contributed by atoms with Crippen LogP contribution < -0.4 is 59.3 Å². The maximum absolute atomic E-state index is 15.2. The molecule has 2 aliphatic heterocycles. The number of carboxylic acid groups (broad SMARTS) is 1. The fourth-order valence-electron chi connectivity index (χ4n) is 11.5. The molecule has 16 N–H and O–H groups in total. The average molecular weight is 1300 g/mol. The Bertz CT molecular complexity index is 3510. The molecular formula is C67H85N13O14. The number of aromatic amines is 1. The molecule has 1 aromatic heterocycles. The van der Waals surface area contributed by atoms with Gasteiger partial charge in [-0.25, -0.2) is 0 Å². The van der Waals surface area contributed by atoms with Crippen LogP contribution in [0.1, 0.15) is 94.9 Å². The number of aliphatic carboxylic acids is 1. The molecule has 502 valence electrons. The minimum atomic E-state index is -2.01. The van der Waals surface area contributed by atoms with Crippen LogP contribution in [0.3, 0.4) is 0 Å². The Hall–Kier alpha value is -10.2. The lowest BCUT2D eigenvalue weighted by molar-refractivity contribution is -0.142. The molecule has 2 unspecified atom stereocenters. The quantitative estimate of drug-likeness (QED) is 0.0561.